The lowest BCUT2D eigenvalue weighted by Gasteiger charge is -2.58. The first kappa shape index (κ1) is 58.8. The number of ether oxygens (including phenoxy) is 5. The molecule has 402 valence electrons. The first-order valence-electron chi connectivity index (χ1n) is 29.6. The number of amides is 1. The van der Waals surface area contributed by atoms with Gasteiger partial charge in [0.25, 0.3) is 0 Å². The molecule has 5 aliphatic rings. The van der Waals surface area contributed by atoms with Crippen molar-refractivity contribution in [2.24, 2.45) is 46.3 Å². The van der Waals surface area contributed by atoms with Gasteiger partial charge in [-0.15, -0.1) is 0 Å². The SMILES string of the molecule is CCCCC/C=C\C/C=C\CCCCCCCCOCC(CN1CCCCC1)OCCOCCNC(=O)COCC(=O)O[C@H]1CC[C@@]2(C)C(=CC[C@H]3[C@@H]4CC[C@H]([C@H](C)CCCC(C)C)[C@@]4(C)CC[C@@H]32)C1. The van der Waals surface area contributed by atoms with Crippen molar-refractivity contribution in [3.8, 4) is 0 Å². The molecule has 9 atom stereocenters. The van der Waals surface area contributed by atoms with Crippen molar-refractivity contribution in [3.05, 3.63) is 36.0 Å². The molecule has 4 fully saturated rings. The summed E-state index contributed by atoms with van der Waals surface area (Å²) in [5, 5.41) is 2.84. The summed E-state index contributed by atoms with van der Waals surface area (Å²) in [6.07, 6.45) is 44.2. The van der Waals surface area contributed by atoms with Crippen molar-refractivity contribution in [3.63, 3.8) is 0 Å². The second-order valence-electron chi connectivity index (χ2n) is 23.6. The second-order valence-corrected chi connectivity index (χ2v) is 23.6. The number of likely N-dealkylation sites (tertiary alicyclic amines) is 1. The van der Waals surface area contributed by atoms with Crippen LogP contribution in [0.4, 0.5) is 0 Å². The number of unbranched alkanes of at least 4 members (excludes halogenated alkanes) is 9. The van der Waals surface area contributed by atoms with Gasteiger partial charge < -0.3 is 33.9 Å². The van der Waals surface area contributed by atoms with E-state index in [2.05, 4.69) is 82.1 Å². The molecular weight excluding hydrogens is 873 g/mol. The van der Waals surface area contributed by atoms with Crippen LogP contribution in [0.3, 0.4) is 0 Å². The van der Waals surface area contributed by atoms with Crippen molar-refractivity contribution in [2.75, 3.05) is 72.4 Å². The van der Waals surface area contributed by atoms with E-state index in [0.717, 1.165) is 93.9 Å². The van der Waals surface area contributed by atoms with E-state index in [-0.39, 0.29) is 42.7 Å². The number of carbonyl (C=O) groups excluding carboxylic acids is 2. The Balaban J connectivity index is 0.872. The Morgan fingerprint density at radius 2 is 1.51 bits per heavy atom. The second kappa shape index (κ2) is 33.0. The van der Waals surface area contributed by atoms with E-state index in [1.165, 1.54) is 140 Å². The van der Waals surface area contributed by atoms with E-state index in [9.17, 15) is 9.59 Å². The Labute approximate surface area is 429 Å². The maximum atomic E-state index is 12.9. The zero-order chi connectivity index (χ0) is 49.9. The van der Waals surface area contributed by atoms with Gasteiger partial charge in [0.05, 0.1) is 32.5 Å². The van der Waals surface area contributed by atoms with Crippen LogP contribution in [0.15, 0.2) is 36.0 Å². The number of nitrogens with one attached hydrogen (secondary N) is 1. The molecule has 0 aromatic heterocycles. The Morgan fingerprint density at radius 3 is 2.29 bits per heavy atom. The molecule has 0 aromatic rings. The molecule has 1 saturated heterocycles. The van der Waals surface area contributed by atoms with Gasteiger partial charge in [0.2, 0.25) is 5.91 Å². The maximum absolute atomic E-state index is 12.9. The third kappa shape index (κ3) is 20.0. The fraction of sp³-hybridized carbons (Fsp3) is 0.869. The summed E-state index contributed by atoms with van der Waals surface area (Å²) in [6.45, 7) is 20.6. The summed E-state index contributed by atoms with van der Waals surface area (Å²) in [6, 6.07) is 0. The minimum absolute atomic E-state index is 0.0250. The summed E-state index contributed by atoms with van der Waals surface area (Å²) in [5.41, 5.74) is 2.22. The van der Waals surface area contributed by atoms with Crippen molar-refractivity contribution in [1.82, 2.24) is 10.2 Å². The molecule has 4 aliphatic carbocycles. The van der Waals surface area contributed by atoms with Gasteiger partial charge in [0.15, 0.2) is 0 Å². The molecule has 9 heteroatoms. The summed E-state index contributed by atoms with van der Waals surface area (Å²) in [7, 11) is 0. The van der Waals surface area contributed by atoms with Crippen molar-refractivity contribution in [2.45, 2.75) is 221 Å². The Bertz CT molecular complexity index is 1540. The highest BCUT2D eigenvalue weighted by Crippen LogP contribution is 2.67. The lowest BCUT2D eigenvalue weighted by Crippen LogP contribution is -2.51. The topological polar surface area (TPSA) is 95.6 Å². The van der Waals surface area contributed by atoms with Gasteiger partial charge >= 0.3 is 5.97 Å². The van der Waals surface area contributed by atoms with Crippen LogP contribution in [0.5, 0.6) is 0 Å². The molecule has 70 heavy (non-hydrogen) atoms. The predicted octanol–water partition coefficient (Wildman–Crippen LogP) is 13.8. The van der Waals surface area contributed by atoms with E-state index < -0.39 is 0 Å². The quantitative estimate of drug-likeness (QED) is 0.0377. The highest BCUT2D eigenvalue weighted by molar-refractivity contribution is 5.77. The molecular formula is C61H106N2O7. The minimum atomic E-state index is -0.382. The summed E-state index contributed by atoms with van der Waals surface area (Å²) in [4.78, 5) is 27.9. The van der Waals surface area contributed by atoms with Crippen LogP contribution in [0.25, 0.3) is 0 Å². The smallest absolute Gasteiger partial charge is 0.332 e. The lowest BCUT2D eigenvalue weighted by molar-refractivity contribution is -0.157. The van der Waals surface area contributed by atoms with Gasteiger partial charge in [-0.2, -0.15) is 0 Å². The average Bonchev–Trinajstić information content (AvgIpc) is 3.71. The highest BCUT2D eigenvalue weighted by Gasteiger charge is 2.59. The molecule has 0 bridgehead atoms. The molecule has 5 rings (SSSR count). The number of rotatable bonds is 36. The zero-order valence-electron chi connectivity index (χ0n) is 46.0. The fourth-order valence-electron chi connectivity index (χ4n) is 13.9. The van der Waals surface area contributed by atoms with Crippen LogP contribution < -0.4 is 5.32 Å². The van der Waals surface area contributed by atoms with Gasteiger partial charge in [-0.1, -0.05) is 142 Å². The first-order valence-corrected chi connectivity index (χ1v) is 29.6. The number of esters is 1. The van der Waals surface area contributed by atoms with Gasteiger partial charge in [-0.3, -0.25) is 4.79 Å². The monoisotopic (exact) mass is 979 g/mol. The molecule has 9 nitrogen and oxygen atoms in total. The van der Waals surface area contributed by atoms with Gasteiger partial charge in [0, 0.05) is 26.1 Å². The first-order chi connectivity index (χ1) is 34.0. The van der Waals surface area contributed by atoms with Gasteiger partial charge in [-0.25, -0.2) is 4.79 Å². The van der Waals surface area contributed by atoms with Crippen molar-refractivity contribution < 1.29 is 33.3 Å². The van der Waals surface area contributed by atoms with E-state index in [4.69, 9.17) is 23.7 Å². The molecule has 1 N–H and O–H groups in total. The average molecular weight is 980 g/mol. The van der Waals surface area contributed by atoms with E-state index in [1.807, 2.05) is 0 Å². The molecule has 0 radical (unpaired) electrons. The van der Waals surface area contributed by atoms with Crippen LogP contribution in [-0.4, -0.2) is 101 Å². The van der Waals surface area contributed by atoms with Crippen LogP contribution in [0.1, 0.15) is 208 Å². The van der Waals surface area contributed by atoms with Crippen molar-refractivity contribution in [1.29, 1.82) is 0 Å². The molecule has 1 unspecified atom stereocenters. The number of hydrogen-bond acceptors (Lipinski definition) is 8. The molecule has 1 amide bonds. The predicted molar refractivity (Wildman–Crippen MR) is 288 cm³/mol. The summed E-state index contributed by atoms with van der Waals surface area (Å²) < 4.78 is 29.7. The number of fused-ring (bicyclic) bond motifs is 5. The standard InChI is InChI=1S/C61H106N2O7/c1-7-8-9-10-11-12-13-14-15-16-17-18-19-20-21-25-40-67-46-53(45-63-38-23-22-24-39-63)69-43-42-66-41-37-62-58(64)47-68-48-59(65)70-52-33-35-60(5)51(44-52)29-30-54-56-32-31-55(50(4)28-26-27-49(2)3)61(56,6)36-34-57(54)60/h11-12,14-15,29,49-50,52-57H,7-10,13,16-28,30-48H2,1-6H3,(H,62,64)/b12-11-,15-14-/t50-,52+,53?,54+,55-,56+,57+,60+,61-/m1/s1. The third-order valence-electron chi connectivity index (χ3n) is 17.9. The number of nitrogens with zero attached hydrogens (tertiary/aromatic N) is 1. The van der Waals surface area contributed by atoms with Crippen LogP contribution >= 0.6 is 0 Å². The van der Waals surface area contributed by atoms with E-state index >= 15 is 0 Å². The molecule has 0 aromatic carbocycles. The largest absolute Gasteiger partial charge is 0.460 e. The zero-order valence-corrected chi connectivity index (χ0v) is 46.0. The number of allylic oxidation sites excluding steroid dienone is 5. The fourth-order valence-corrected chi connectivity index (χ4v) is 13.9. The van der Waals surface area contributed by atoms with Crippen LogP contribution in [0, 0.1) is 46.3 Å². The Morgan fingerprint density at radius 1 is 0.757 bits per heavy atom. The maximum Gasteiger partial charge on any atom is 0.332 e. The Hall–Kier alpha value is -2.04. The Kier molecular flexibility index (Phi) is 27.7. The molecule has 0 spiro atoms. The summed E-state index contributed by atoms with van der Waals surface area (Å²) in [5.74, 6) is 4.23. The highest BCUT2D eigenvalue weighted by atomic mass is 16.6. The molecule has 3 saturated carbocycles. The van der Waals surface area contributed by atoms with E-state index in [1.54, 1.807) is 0 Å². The normalized spacial score (nSPS) is 27.9. The number of hydrogen-bond donors (Lipinski definition) is 1. The number of piperidine rings is 1. The van der Waals surface area contributed by atoms with Gasteiger partial charge in [0.1, 0.15) is 19.3 Å². The van der Waals surface area contributed by atoms with E-state index in [0.29, 0.717) is 38.4 Å². The van der Waals surface area contributed by atoms with Crippen LogP contribution in [0.2, 0.25) is 0 Å². The van der Waals surface area contributed by atoms with Crippen LogP contribution in [-0.2, 0) is 33.3 Å². The minimum Gasteiger partial charge on any atom is -0.460 e. The molecule has 1 aliphatic heterocycles. The van der Waals surface area contributed by atoms with Gasteiger partial charge in [-0.05, 0) is 156 Å². The summed E-state index contributed by atoms with van der Waals surface area (Å²) >= 11 is 0. The third-order valence-corrected chi connectivity index (χ3v) is 17.9. The molecule has 1 heterocycles. The number of carbonyl (C=O) groups is 2. The lowest BCUT2D eigenvalue weighted by atomic mass is 9.47. The van der Waals surface area contributed by atoms with Crippen molar-refractivity contribution >= 4 is 11.9 Å².